The second-order valence-electron chi connectivity index (χ2n) is 8.44. The van der Waals surface area contributed by atoms with Crippen LogP contribution < -0.4 is 20.3 Å². The van der Waals surface area contributed by atoms with Gasteiger partial charge in [0.1, 0.15) is 17.6 Å². The SMILES string of the molecule is CCOc1ccc(C(=O)NC(C(=O)NCc2ccc(N3CCCCC3)nc2)C(C)C)cc1. The van der Waals surface area contributed by atoms with Crippen LogP contribution in [0.4, 0.5) is 5.82 Å². The molecule has 2 aromatic rings. The summed E-state index contributed by atoms with van der Waals surface area (Å²) in [6.07, 6.45) is 5.51. The van der Waals surface area contributed by atoms with Crippen LogP contribution in [0.5, 0.6) is 5.75 Å². The van der Waals surface area contributed by atoms with Crippen LogP contribution in [0.2, 0.25) is 0 Å². The molecule has 32 heavy (non-hydrogen) atoms. The van der Waals surface area contributed by atoms with Crippen molar-refractivity contribution in [1.82, 2.24) is 15.6 Å². The second-order valence-corrected chi connectivity index (χ2v) is 8.44. The van der Waals surface area contributed by atoms with Gasteiger partial charge in [0.15, 0.2) is 0 Å². The van der Waals surface area contributed by atoms with Crippen LogP contribution in [-0.4, -0.2) is 42.5 Å². The molecule has 1 aliphatic heterocycles. The van der Waals surface area contributed by atoms with Gasteiger partial charge in [0, 0.05) is 31.4 Å². The van der Waals surface area contributed by atoms with E-state index >= 15 is 0 Å². The number of aromatic nitrogens is 1. The summed E-state index contributed by atoms with van der Waals surface area (Å²) in [5.74, 6) is 1.15. The van der Waals surface area contributed by atoms with Crippen molar-refractivity contribution in [3.8, 4) is 5.75 Å². The highest BCUT2D eigenvalue weighted by Crippen LogP contribution is 2.17. The lowest BCUT2D eigenvalue weighted by Gasteiger charge is -2.27. The van der Waals surface area contributed by atoms with Crippen molar-refractivity contribution in [2.45, 2.75) is 52.6 Å². The molecule has 1 saturated heterocycles. The Morgan fingerprint density at radius 2 is 1.78 bits per heavy atom. The summed E-state index contributed by atoms with van der Waals surface area (Å²) < 4.78 is 5.41. The number of benzene rings is 1. The van der Waals surface area contributed by atoms with Crippen molar-refractivity contribution in [3.05, 3.63) is 53.7 Å². The van der Waals surface area contributed by atoms with Crippen LogP contribution in [0.3, 0.4) is 0 Å². The Morgan fingerprint density at radius 1 is 1.06 bits per heavy atom. The Morgan fingerprint density at radius 3 is 2.38 bits per heavy atom. The van der Waals surface area contributed by atoms with Gasteiger partial charge in [0.25, 0.3) is 5.91 Å². The minimum atomic E-state index is -0.630. The normalized spacial score (nSPS) is 14.7. The van der Waals surface area contributed by atoms with E-state index in [9.17, 15) is 9.59 Å². The fourth-order valence-electron chi connectivity index (χ4n) is 3.76. The van der Waals surface area contributed by atoms with E-state index in [4.69, 9.17) is 4.74 Å². The molecule has 0 spiro atoms. The maximum atomic E-state index is 12.8. The fourth-order valence-corrected chi connectivity index (χ4v) is 3.76. The highest BCUT2D eigenvalue weighted by Gasteiger charge is 2.24. The zero-order valence-electron chi connectivity index (χ0n) is 19.3. The molecule has 1 aliphatic rings. The number of pyridine rings is 1. The van der Waals surface area contributed by atoms with Crippen molar-refractivity contribution in [2.75, 3.05) is 24.6 Å². The molecule has 1 atom stereocenters. The highest BCUT2D eigenvalue weighted by molar-refractivity contribution is 5.97. The fraction of sp³-hybridized carbons (Fsp3) is 0.480. The van der Waals surface area contributed by atoms with Gasteiger partial charge in [-0.25, -0.2) is 4.98 Å². The molecule has 2 amide bonds. The van der Waals surface area contributed by atoms with E-state index in [1.807, 2.05) is 39.1 Å². The maximum absolute atomic E-state index is 12.8. The highest BCUT2D eigenvalue weighted by atomic mass is 16.5. The van der Waals surface area contributed by atoms with E-state index in [2.05, 4.69) is 20.5 Å². The van der Waals surface area contributed by atoms with Crippen molar-refractivity contribution in [1.29, 1.82) is 0 Å². The molecule has 1 unspecified atom stereocenters. The largest absolute Gasteiger partial charge is 0.494 e. The summed E-state index contributed by atoms with van der Waals surface area (Å²) in [5.41, 5.74) is 1.42. The molecule has 3 rings (SSSR count). The van der Waals surface area contributed by atoms with Crippen LogP contribution in [-0.2, 0) is 11.3 Å². The first-order valence-electron chi connectivity index (χ1n) is 11.5. The summed E-state index contributed by atoms with van der Waals surface area (Å²) in [5, 5.41) is 5.79. The Balaban J connectivity index is 1.54. The van der Waals surface area contributed by atoms with Crippen LogP contribution in [0.25, 0.3) is 0 Å². The summed E-state index contributed by atoms with van der Waals surface area (Å²) in [7, 11) is 0. The van der Waals surface area contributed by atoms with Crippen LogP contribution in [0.1, 0.15) is 56.0 Å². The van der Waals surface area contributed by atoms with E-state index in [-0.39, 0.29) is 17.7 Å². The number of nitrogens with one attached hydrogen (secondary N) is 2. The van der Waals surface area contributed by atoms with Crippen LogP contribution >= 0.6 is 0 Å². The second kappa shape index (κ2) is 11.5. The number of rotatable bonds is 9. The van der Waals surface area contributed by atoms with Gasteiger partial charge in [-0.1, -0.05) is 19.9 Å². The van der Waals surface area contributed by atoms with Gasteiger partial charge in [-0.3, -0.25) is 9.59 Å². The van der Waals surface area contributed by atoms with Crippen LogP contribution in [0.15, 0.2) is 42.6 Å². The number of nitrogens with zero attached hydrogens (tertiary/aromatic N) is 2. The van der Waals surface area contributed by atoms with Gasteiger partial charge in [-0.05, 0) is 68.0 Å². The lowest BCUT2D eigenvalue weighted by atomic mass is 10.0. The first-order valence-corrected chi connectivity index (χ1v) is 11.5. The lowest BCUT2D eigenvalue weighted by Crippen LogP contribution is -2.49. The average Bonchev–Trinajstić information content (AvgIpc) is 2.82. The molecular weight excluding hydrogens is 404 g/mol. The van der Waals surface area contributed by atoms with Crippen molar-refractivity contribution in [2.24, 2.45) is 5.92 Å². The van der Waals surface area contributed by atoms with E-state index in [0.717, 1.165) is 24.5 Å². The Bertz CT molecular complexity index is 875. The van der Waals surface area contributed by atoms with E-state index in [1.165, 1.54) is 19.3 Å². The van der Waals surface area contributed by atoms with E-state index < -0.39 is 6.04 Å². The van der Waals surface area contributed by atoms with Crippen molar-refractivity contribution >= 4 is 17.6 Å². The molecule has 7 nitrogen and oxygen atoms in total. The van der Waals surface area contributed by atoms with Gasteiger partial charge in [0.2, 0.25) is 5.91 Å². The minimum Gasteiger partial charge on any atom is -0.494 e. The number of amides is 2. The predicted molar refractivity (Wildman–Crippen MR) is 126 cm³/mol. The summed E-state index contributed by atoms with van der Waals surface area (Å²) in [6.45, 7) is 8.77. The molecule has 0 radical (unpaired) electrons. The molecule has 1 aromatic carbocycles. The number of hydrogen-bond acceptors (Lipinski definition) is 5. The Kier molecular flexibility index (Phi) is 8.48. The first kappa shape index (κ1) is 23.6. The molecule has 1 fully saturated rings. The third-order valence-corrected chi connectivity index (χ3v) is 5.62. The number of ether oxygens (including phenoxy) is 1. The van der Waals surface area contributed by atoms with Gasteiger partial charge < -0.3 is 20.3 Å². The predicted octanol–water partition coefficient (Wildman–Crippen LogP) is 3.54. The Hall–Kier alpha value is -3.09. The molecule has 7 heteroatoms. The first-order chi connectivity index (χ1) is 15.5. The lowest BCUT2D eigenvalue weighted by molar-refractivity contribution is -0.124. The van der Waals surface area contributed by atoms with Crippen molar-refractivity contribution < 1.29 is 14.3 Å². The number of carbonyl (C=O) groups excluding carboxylic acids is 2. The van der Waals surface area contributed by atoms with Gasteiger partial charge in [-0.15, -0.1) is 0 Å². The monoisotopic (exact) mass is 438 g/mol. The molecule has 0 aliphatic carbocycles. The third kappa shape index (κ3) is 6.45. The Labute approximate surface area is 190 Å². The quantitative estimate of drug-likeness (QED) is 0.626. The van der Waals surface area contributed by atoms with Gasteiger partial charge >= 0.3 is 0 Å². The van der Waals surface area contributed by atoms with Crippen molar-refractivity contribution in [3.63, 3.8) is 0 Å². The number of piperidine rings is 1. The zero-order valence-corrected chi connectivity index (χ0v) is 19.3. The van der Waals surface area contributed by atoms with E-state index in [0.29, 0.717) is 24.5 Å². The van der Waals surface area contributed by atoms with Crippen LogP contribution in [0, 0.1) is 5.92 Å². The molecule has 172 valence electrons. The van der Waals surface area contributed by atoms with E-state index in [1.54, 1.807) is 24.3 Å². The number of carbonyl (C=O) groups is 2. The molecular formula is C25H34N4O3. The smallest absolute Gasteiger partial charge is 0.251 e. The summed E-state index contributed by atoms with van der Waals surface area (Å²) >= 11 is 0. The van der Waals surface area contributed by atoms with Gasteiger partial charge in [0.05, 0.1) is 6.61 Å². The average molecular weight is 439 g/mol. The maximum Gasteiger partial charge on any atom is 0.251 e. The molecule has 0 saturated carbocycles. The molecule has 2 heterocycles. The number of anilines is 1. The molecule has 2 N–H and O–H groups in total. The summed E-state index contributed by atoms with van der Waals surface area (Å²) in [6, 6.07) is 10.3. The molecule has 1 aromatic heterocycles. The number of hydrogen-bond donors (Lipinski definition) is 2. The zero-order chi connectivity index (χ0) is 22.9. The topological polar surface area (TPSA) is 83.6 Å². The summed E-state index contributed by atoms with van der Waals surface area (Å²) in [4.78, 5) is 32.3. The molecule has 0 bridgehead atoms. The van der Waals surface area contributed by atoms with Gasteiger partial charge in [-0.2, -0.15) is 0 Å². The standard InChI is InChI=1S/C25H34N4O3/c1-4-32-21-11-9-20(10-12-21)24(30)28-23(18(2)3)25(31)27-17-19-8-13-22(26-16-19)29-14-6-5-7-15-29/h8-13,16,18,23H,4-7,14-15,17H2,1-3H3,(H,27,31)(H,28,30). The third-order valence-electron chi connectivity index (χ3n) is 5.62. The minimum absolute atomic E-state index is 0.0544.